The van der Waals surface area contributed by atoms with Crippen LogP contribution in [0.25, 0.3) is 0 Å². The molecule has 0 spiro atoms. The molecule has 0 aliphatic heterocycles. The van der Waals surface area contributed by atoms with E-state index in [1.807, 2.05) is 12.1 Å². The molecule has 0 aromatic heterocycles. The summed E-state index contributed by atoms with van der Waals surface area (Å²) < 4.78 is 26.1. The molecule has 2 aromatic rings. The third-order valence-electron chi connectivity index (χ3n) is 3.00. The molecule has 7 heteroatoms. The number of carbonyl (C=O) groups is 2. The minimum Gasteiger partial charge on any atom is -0.347 e. The van der Waals surface area contributed by atoms with Gasteiger partial charge in [0, 0.05) is 17.6 Å². The Morgan fingerprint density at radius 1 is 1.00 bits per heavy atom. The van der Waals surface area contributed by atoms with E-state index < -0.39 is 23.4 Å². The highest BCUT2D eigenvalue weighted by Gasteiger charge is 2.15. The van der Waals surface area contributed by atoms with E-state index in [0.717, 1.165) is 17.7 Å². The molecular formula is C16H13ClF2N2O2. The first kappa shape index (κ1) is 16.9. The van der Waals surface area contributed by atoms with E-state index in [4.69, 9.17) is 11.6 Å². The van der Waals surface area contributed by atoms with Gasteiger partial charge in [0.05, 0.1) is 5.69 Å². The average molecular weight is 339 g/mol. The number of rotatable bonds is 4. The number of carbonyl (C=O) groups excluding carboxylic acids is 2. The maximum Gasteiger partial charge on any atom is 0.313 e. The molecule has 0 atom stereocenters. The highest BCUT2D eigenvalue weighted by Crippen LogP contribution is 2.14. The van der Waals surface area contributed by atoms with Crippen LogP contribution in [0.3, 0.4) is 0 Å². The normalized spacial score (nSPS) is 10.2. The molecule has 0 aliphatic rings. The van der Waals surface area contributed by atoms with Gasteiger partial charge in [0.25, 0.3) is 0 Å². The molecule has 0 bridgehead atoms. The molecule has 2 rings (SSSR count). The summed E-state index contributed by atoms with van der Waals surface area (Å²) >= 11 is 5.76. The van der Waals surface area contributed by atoms with Gasteiger partial charge in [-0.15, -0.1) is 0 Å². The Morgan fingerprint density at radius 2 is 1.70 bits per heavy atom. The van der Waals surface area contributed by atoms with Crippen LogP contribution in [0, 0.1) is 11.6 Å². The van der Waals surface area contributed by atoms with Crippen LogP contribution >= 0.6 is 11.6 Å². The SMILES string of the molecule is O=C(NCCc1ccc(Cl)cc1)C(=O)Nc1ccc(F)cc1F. The van der Waals surface area contributed by atoms with Crippen molar-refractivity contribution in [1.29, 1.82) is 0 Å². The average Bonchev–Trinajstić information content (AvgIpc) is 2.51. The van der Waals surface area contributed by atoms with Crippen molar-refractivity contribution in [3.05, 3.63) is 64.7 Å². The summed E-state index contributed by atoms with van der Waals surface area (Å²) in [5.74, 6) is -3.64. The van der Waals surface area contributed by atoms with Gasteiger partial charge >= 0.3 is 11.8 Å². The van der Waals surface area contributed by atoms with Crippen molar-refractivity contribution in [3.8, 4) is 0 Å². The molecule has 0 aliphatic carbocycles. The Bertz CT molecular complexity index is 721. The van der Waals surface area contributed by atoms with Crippen molar-refractivity contribution in [2.75, 3.05) is 11.9 Å². The molecule has 2 amide bonds. The summed E-state index contributed by atoms with van der Waals surface area (Å²) in [5, 5.41) is 5.11. The zero-order chi connectivity index (χ0) is 16.8. The molecule has 2 aromatic carbocycles. The Labute approximate surface area is 136 Å². The fourth-order valence-corrected chi connectivity index (χ4v) is 1.95. The van der Waals surface area contributed by atoms with E-state index in [9.17, 15) is 18.4 Å². The van der Waals surface area contributed by atoms with E-state index in [2.05, 4.69) is 10.6 Å². The van der Waals surface area contributed by atoms with Gasteiger partial charge in [-0.1, -0.05) is 23.7 Å². The van der Waals surface area contributed by atoms with Crippen molar-refractivity contribution in [2.24, 2.45) is 0 Å². The quantitative estimate of drug-likeness (QED) is 0.842. The summed E-state index contributed by atoms with van der Waals surface area (Å²) in [4.78, 5) is 23.3. The Kier molecular flexibility index (Phi) is 5.65. The highest BCUT2D eigenvalue weighted by atomic mass is 35.5. The van der Waals surface area contributed by atoms with Gasteiger partial charge < -0.3 is 10.6 Å². The molecule has 0 saturated heterocycles. The van der Waals surface area contributed by atoms with Crippen molar-refractivity contribution in [2.45, 2.75) is 6.42 Å². The van der Waals surface area contributed by atoms with Crippen LogP contribution in [-0.2, 0) is 16.0 Å². The van der Waals surface area contributed by atoms with E-state index in [0.29, 0.717) is 17.5 Å². The van der Waals surface area contributed by atoms with Gasteiger partial charge in [0.15, 0.2) is 0 Å². The topological polar surface area (TPSA) is 58.2 Å². The van der Waals surface area contributed by atoms with Crippen LogP contribution in [0.5, 0.6) is 0 Å². The van der Waals surface area contributed by atoms with Gasteiger partial charge in [0.1, 0.15) is 11.6 Å². The van der Waals surface area contributed by atoms with Gasteiger partial charge in [-0.05, 0) is 36.2 Å². The lowest BCUT2D eigenvalue weighted by Crippen LogP contribution is -2.36. The second kappa shape index (κ2) is 7.69. The molecule has 2 N–H and O–H groups in total. The van der Waals surface area contributed by atoms with Crippen LogP contribution < -0.4 is 10.6 Å². The molecule has 4 nitrogen and oxygen atoms in total. The van der Waals surface area contributed by atoms with Crippen LogP contribution in [0.15, 0.2) is 42.5 Å². The monoisotopic (exact) mass is 338 g/mol. The highest BCUT2D eigenvalue weighted by molar-refractivity contribution is 6.39. The minimum atomic E-state index is -1.02. The number of nitrogens with one attached hydrogen (secondary N) is 2. The Balaban J connectivity index is 1.83. The lowest BCUT2D eigenvalue weighted by molar-refractivity contribution is -0.136. The summed E-state index contributed by atoms with van der Waals surface area (Å²) in [5.41, 5.74) is 0.684. The number of anilines is 1. The van der Waals surface area contributed by atoms with Gasteiger partial charge in [-0.25, -0.2) is 8.78 Å². The first-order valence-corrected chi connectivity index (χ1v) is 7.12. The minimum absolute atomic E-state index is 0.236. The lowest BCUT2D eigenvalue weighted by atomic mass is 10.1. The maximum absolute atomic E-state index is 13.4. The molecule has 0 radical (unpaired) electrons. The largest absolute Gasteiger partial charge is 0.347 e. The molecule has 0 fully saturated rings. The summed E-state index contributed by atoms with van der Waals surface area (Å²) in [6, 6.07) is 9.71. The summed E-state index contributed by atoms with van der Waals surface area (Å²) in [6.07, 6.45) is 0.515. The van der Waals surface area contributed by atoms with Crippen LogP contribution in [0.2, 0.25) is 5.02 Å². The number of hydrogen-bond donors (Lipinski definition) is 2. The van der Waals surface area contributed by atoms with Crippen LogP contribution in [0.4, 0.5) is 14.5 Å². The van der Waals surface area contributed by atoms with Gasteiger partial charge in [-0.3, -0.25) is 9.59 Å². The van der Waals surface area contributed by atoms with E-state index in [1.165, 1.54) is 0 Å². The second-order valence-electron chi connectivity index (χ2n) is 4.71. The first-order chi connectivity index (χ1) is 11.0. The number of hydrogen-bond acceptors (Lipinski definition) is 2. The molecule has 0 saturated carbocycles. The first-order valence-electron chi connectivity index (χ1n) is 6.74. The third-order valence-corrected chi connectivity index (χ3v) is 3.25. The number of amides is 2. The molecule has 120 valence electrons. The summed E-state index contributed by atoms with van der Waals surface area (Å²) in [7, 11) is 0. The van der Waals surface area contributed by atoms with Crippen molar-refractivity contribution in [1.82, 2.24) is 5.32 Å². The van der Waals surface area contributed by atoms with Crippen molar-refractivity contribution < 1.29 is 18.4 Å². The van der Waals surface area contributed by atoms with E-state index in [-0.39, 0.29) is 12.2 Å². The maximum atomic E-state index is 13.4. The van der Waals surface area contributed by atoms with Gasteiger partial charge in [-0.2, -0.15) is 0 Å². The van der Waals surface area contributed by atoms with Crippen LogP contribution in [0.1, 0.15) is 5.56 Å². The van der Waals surface area contributed by atoms with Crippen LogP contribution in [-0.4, -0.2) is 18.4 Å². The molecule has 23 heavy (non-hydrogen) atoms. The van der Waals surface area contributed by atoms with E-state index in [1.54, 1.807) is 12.1 Å². The fraction of sp³-hybridized carbons (Fsp3) is 0.125. The Hall–Kier alpha value is -2.47. The molecular weight excluding hydrogens is 326 g/mol. The zero-order valence-corrected chi connectivity index (χ0v) is 12.7. The zero-order valence-electron chi connectivity index (χ0n) is 11.9. The predicted molar refractivity (Wildman–Crippen MR) is 83.2 cm³/mol. The summed E-state index contributed by atoms with van der Waals surface area (Å²) in [6.45, 7) is 0.236. The lowest BCUT2D eigenvalue weighted by Gasteiger charge is -2.07. The van der Waals surface area contributed by atoms with E-state index >= 15 is 0 Å². The standard InChI is InChI=1S/C16H13ClF2N2O2/c17-11-3-1-10(2-4-11)7-8-20-15(22)16(23)21-14-6-5-12(18)9-13(14)19/h1-6,9H,7-8H2,(H,20,22)(H,21,23). The predicted octanol–water partition coefficient (Wildman–Crippen LogP) is 2.92. The fourth-order valence-electron chi connectivity index (χ4n) is 1.82. The molecule has 0 heterocycles. The number of benzene rings is 2. The Morgan fingerprint density at radius 3 is 2.35 bits per heavy atom. The van der Waals surface area contributed by atoms with Gasteiger partial charge in [0.2, 0.25) is 0 Å². The smallest absolute Gasteiger partial charge is 0.313 e. The van der Waals surface area contributed by atoms with Crippen molar-refractivity contribution >= 4 is 29.1 Å². The second-order valence-corrected chi connectivity index (χ2v) is 5.15. The molecule has 0 unspecified atom stereocenters. The van der Waals surface area contributed by atoms with Crippen molar-refractivity contribution in [3.63, 3.8) is 0 Å². The number of halogens is 3. The third kappa shape index (κ3) is 5.03.